The number of hydrogen-bond donors (Lipinski definition) is 1. The van der Waals surface area contributed by atoms with Gasteiger partial charge in [-0.1, -0.05) is 18.2 Å². The SMILES string of the molecule is CCNC(=NCCCN1CCOCC1)N1CCC(Oc2ccccc2)CC1.I. The molecule has 3 rings (SSSR count). The maximum Gasteiger partial charge on any atom is 0.193 e. The number of ether oxygens (including phenoxy) is 2. The van der Waals surface area contributed by atoms with E-state index in [4.69, 9.17) is 14.5 Å². The normalized spacial score (nSPS) is 19.2. The van der Waals surface area contributed by atoms with Gasteiger partial charge in [0.2, 0.25) is 0 Å². The molecule has 0 atom stereocenters. The minimum Gasteiger partial charge on any atom is -0.490 e. The summed E-state index contributed by atoms with van der Waals surface area (Å²) in [6, 6.07) is 10.1. The molecule has 0 radical (unpaired) electrons. The number of morpholine rings is 1. The Kier molecular flexibility index (Phi) is 11.0. The second-order valence-corrected chi connectivity index (χ2v) is 7.16. The molecule has 0 aromatic heterocycles. The quantitative estimate of drug-likeness (QED) is 0.269. The molecule has 0 amide bonds. The molecule has 28 heavy (non-hydrogen) atoms. The Morgan fingerprint density at radius 1 is 1.14 bits per heavy atom. The van der Waals surface area contributed by atoms with Crippen LogP contribution in [-0.2, 0) is 4.74 Å². The number of guanidine groups is 1. The van der Waals surface area contributed by atoms with E-state index in [2.05, 4.69) is 22.0 Å². The molecule has 158 valence electrons. The van der Waals surface area contributed by atoms with Crippen molar-refractivity contribution in [2.24, 2.45) is 4.99 Å². The van der Waals surface area contributed by atoms with Crippen molar-refractivity contribution in [3.63, 3.8) is 0 Å². The molecule has 7 heteroatoms. The second-order valence-electron chi connectivity index (χ2n) is 7.16. The van der Waals surface area contributed by atoms with Gasteiger partial charge in [-0.3, -0.25) is 9.89 Å². The number of benzene rings is 1. The van der Waals surface area contributed by atoms with Crippen LogP contribution in [0.5, 0.6) is 5.75 Å². The largest absolute Gasteiger partial charge is 0.490 e. The fraction of sp³-hybridized carbons (Fsp3) is 0.667. The van der Waals surface area contributed by atoms with Crippen LogP contribution in [0.15, 0.2) is 35.3 Å². The van der Waals surface area contributed by atoms with Gasteiger partial charge in [0, 0.05) is 58.7 Å². The van der Waals surface area contributed by atoms with Gasteiger partial charge in [-0.05, 0) is 25.5 Å². The van der Waals surface area contributed by atoms with E-state index in [0.717, 1.165) is 90.0 Å². The van der Waals surface area contributed by atoms with Crippen molar-refractivity contribution in [1.82, 2.24) is 15.1 Å². The number of rotatable bonds is 7. The fourth-order valence-electron chi connectivity index (χ4n) is 3.61. The summed E-state index contributed by atoms with van der Waals surface area (Å²) < 4.78 is 11.5. The lowest BCUT2D eigenvalue weighted by Gasteiger charge is -2.34. The van der Waals surface area contributed by atoms with Gasteiger partial charge in [0.25, 0.3) is 0 Å². The Balaban J connectivity index is 0.00000280. The van der Waals surface area contributed by atoms with Gasteiger partial charge in [0.1, 0.15) is 11.9 Å². The molecule has 2 aliphatic heterocycles. The highest BCUT2D eigenvalue weighted by Gasteiger charge is 2.22. The Labute approximate surface area is 186 Å². The topological polar surface area (TPSA) is 49.3 Å². The Hall–Kier alpha value is -1.06. The Morgan fingerprint density at radius 3 is 2.54 bits per heavy atom. The number of likely N-dealkylation sites (tertiary alicyclic amines) is 1. The maximum absolute atomic E-state index is 6.11. The third-order valence-corrected chi connectivity index (χ3v) is 5.12. The number of aliphatic imine (C=N–C) groups is 1. The minimum absolute atomic E-state index is 0. The minimum atomic E-state index is 0. The third-order valence-electron chi connectivity index (χ3n) is 5.12. The van der Waals surface area contributed by atoms with Crippen molar-refractivity contribution >= 4 is 29.9 Å². The van der Waals surface area contributed by atoms with Crippen LogP contribution in [0.25, 0.3) is 0 Å². The van der Waals surface area contributed by atoms with Crippen molar-refractivity contribution in [1.29, 1.82) is 0 Å². The molecule has 0 unspecified atom stereocenters. The van der Waals surface area contributed by atoms with Crippen LogP contribution >= 0.6 is 24.0 Å². The average molecular weight is 502 g/mol. The van der Waals surface area contributed by atoms with Crippen LogP contribution in [0.4, 0.5) is 0 Å². The van der Waals surface area contributed by atoms with Crippen LogP contribution in [0.3, 0.4) is 0 Å². The van der Waals surface area contributed by atoms with Gasteiger partial charge in [-0.25, -0.2) is 0 Å². The van der Waals surface area contributed by atoms with Gasteiger partial charge < -0.3 is 19.7 Å². The zero-order chi connectivity index (χ0) is 18.7. The first-order chi connectivity index (χ1) is 13.3. The smallest absolute Gasteiger partial charge is 0.193 e. The molecule has 0 spiro atoms. The van der Waals surface area contributed by atoms with Gasteiger partial charge in [-0.2, -0.15) is 0 Å². The van der Waals surface area contributed by atoms with E-state index in [1.54, 1.807) is 0 Å². The number of halogens is 1. The Morgan fingerprint density at radius 2 is 1.86 bits per heavy atom. The molecular formula is C21H35IN4O2. The maximum atomic E-state index is 6.11. The Bertz CT molecular complexity index is 559. The first kappa shape index (κ1) is 23.2. The molecule has 6 nitrogen and oxygen atoms in total. The molecule has 1 aromatic rings. The van der Waals surface area contributed by atoms with Crippen LogP contribution in [0.1, 0.15) is 26.2 Å². The monoisotopic (exact) mass is 502 g/mol. The first-order valence-electron chi connectivity index (χ1n) is 10.4. The zero-order valence-electron chi connectivity index (χ0n) is 17.0. The number of hydrogen-bond acceptors (Lipinski definition) is 4. The first-order valence-corrected chi connectivity index (χ1v) is 10.4. The van der Waals surface area contributed by atoms with E-state index < -0.39 is 0 Å². The number of para-hydroxylation sites is 1. The predicted molar refractivity (Wildman–Crippen MR) is 125 cm³/mol. The van der Waals surface area contributed by atoms with Crippen molar-refractivity contribution in [3.05, 3.63) is 30.3 Å². The van der Waals surface area contributed by atoms with Crippen LogP contribution in [0.2, 0.25) is 0 Å². The van der Waals surface area contributed by atoms with Crippen LogP contribution in [0, 0.1) is 0 Å². The number of nitrogens with zero attached hydrogens (tertiary/aromatic N) is 3. The summed E-state index contributed by atoms with van der Waals surface area (Å²) in [5, 5.41) is 3.46. The molecule has 0 saturated carbocycles. The lowest BCUT2D eigenvalue weighted by molar-refractivity contribution is 0.0377. The average Bonchev–Trinajstić information content (AvgIpc) is 2.72. The highest BCUT2D eigenvalue weighted by Crippen LogP contribution is 2.18. The van der Waals surface area contributed by atoms with Gasteiger partial charge in [-0.15, -0.1) is 24.0 Å². The van der Waals surface area contributed by atoms with Gasteiger partial charge >= 0.3 is 0 Å². The molecular weight excluding hydrogens is 467 g/mol. The van der Waals surface area contributed by atoms with Gasteiger partial charge in [0.15, 0.2) is 5.96 Å². The fourth-order valence-corrected chi connectivity index (χ4v) is 3.61. The molecule has 2 heterocycles. The van der Waals surface area contributed by atoms with Gasteiger partial charge in [0.05, 0.1) is 13.2 Å². The van der Waals surface area contributed by atoms with Crippen LogP contribution < -0.4 is 10.1 Å². The molecule has 2 saturated heterocycles. The lowest BCUT2D eigenvalue weighted by Crippen LogP contribution is -2.47. The zero-order valence-corrected chi connectivity index (χ0v) is 19.3. The molecule has 0 aliphatic carbocycles. The molecule has 2 aliphatic rings. The lowest BCUT2D eigenvalue weighted by atomic mass is 10.1. The van der Waals surface area contributed by atoms with Crippen molar-refractivity contribution < 1.29 is 9.47 Å². The standard InChI is InChI=1S/C21H34N4O2.HI/c1-2-22-21(23-11-6-12-24-15-17-26-18-16-24)25-13-9-20(10-14-25)27-19-7-4-3-5-8-19;/h3-5,7-8,20H,2,6,9-18H2,1H3,(H,22,23);1H. The third kappa shape index (κ3) is 7.75. The summed E-state index contributed by atoms with van der Waals surface area (Å²) in [5.41, 5.74) is 0. The molecule has 0 bridgehead atoms. The molecule has 2 fully saturated rings. The van der Waals surface area contributed by atoms with Crippen LogP contribution in [-0.4, -0.2) is 80.9 Å². The summed E-state index contributed by atoms with van der Waals surface area (Å²) in [6.07, 6.45) is 3.47. The van der Waals surface area contributed by atoms with E-state index in [9.17, 15) is 0 Å². The molecule has 1 aromatic carbocycles. The summed E-state index contributed by atoms with van der Waals surface area (Å²) in [5.74, 6) is 2.03. The summed E-state index contributed by atoms with van der Waals surface area (Å²) >= 11 is 0. The number of nitrogens with one attached hydrogen (secondary N) is 1. The second kappa shape index (κ2) is 13.2. The van der Waals surface area contributed by atoms with E-state index in [0.29, 0.717) is 6.10 Å². The highest BCUT2D eigenvalue weighted by molar-refractivity contribution is 14.0. The van der Waals surface area contributed by atoms with Crippen molar-refractivity contribution in [2.75, 3.05) is 59.0 Å². The summed E-state index contributed by atoms with van der Waals surface area (Å²) in [6.45, 7) is 10.9. The van der Waals surface area contributed by atoms with Crippen molar-refractivity contribution in [3.8, 4) is 5.75 Å². The van der Waals surface area contributed by atoms with E-state index >= 15 is 0 Å². The van der Waals surface area contributed by atoms with E-state index in [1.165, 1.54) is 0 Å². The van der Waals surface area contributed by atoms with E-state index in [-0.39, 0.29) is 24.0 Å². The highest BCUT2D eigenvalue weighted by atomic mass is 127. The number of piperidine rings is 1. The van der Waals surface area contributed by atoms with Crippen molar-refractivity contribution in [2.45, 2.75) is 32.3 Å². The summed E-state index contributed by atoms with van der Waals surface area (Å²) in [7, 11) is 0. The predicted octanol–water partition coefficient (Wildman–Crippen LogP) is 2.84. The van der Waals surface area contributed by atoms with E-state index in [1.807, 2.05) is 30.3 Å². The summed E-state index contributed by atoms with van der Waals surface area (Å²) in [4.78, 5) is 9.71. The molecule has 1 N–H and O–H groups in total.